The number of phenols is 2. The van der Waals surface area contributed by atoms with Gasteiger partial charge in [0, 0.05) is 19.2 Å². The van der Waals surface area contributed by atoms with E-state index in [9.17, 15) is 25.6 Å². The van der Waals surface area contributed by atoms with Crippen LogP contribution in [-0.4, -0.2) is 33.1 Å². The molecule has 7 heteroatoms. The quantitative estimate of drug-likeness (QED) is 0.382. The van der Waals surface area contributed by atoms with Crippen LogP contribution in [0.4, 0.5) is 5.69 Å². The summed E-state index contributed by atoms with van der Waals surface area (Å²) in [5.74, 6) is -1.35. The molecule has 0 atom stereocenters. The van der Waals surface area contributed by atoms with Crippen molar-refractivity contribution in [2.45, 2.75) is 19.3 Å². The Kier molecular flexibility index (Phi) is 4.28. The number of phenolic OH excluding ortho intramolecular Hbond substituents is 2. The van der Waals surface area contributed by atoms with Crippen molar-refractivity contribution in [1.82, 2.24) is 4.90 Å². The van der Waals surface area contributed by atoms with E-state index >= 15 is 0 Å². The number of likely N-dealkylation sites (tertiary alicyclic amines) is 1. The van der Waals surface area contributed by atoms with Crippen LogP contribution in [-0.2, 0) is 0 Å². The molecule has 0 spiro atoms. The van der Waals surface area contributed by atoms with Crippen molar-refractivity contribution in [1.29, 1.82) is 5.26 Å². The van der Waals surface area contributed by atoms with Crippen LogP contribution in [0.25, 0.3) is 6.08 Å². The number of nitro benzene ring substituents is 1. The number of nitro groups is 1. The van der Waals surface area contributed by atoms with Crippen molar-refractivity contribution in [2.24, 2.45) is 0 Å². The average Bonchev–Trinajstić information content (AvgIpc) is 2.48. The highest BCUT2D eigenvalue weighted by Gasteiger charge is 2.19. The minimum atomic E-state index is -0.778. The number of aromatic hydroxyl groups is 2. The van der Waals surface area contributed by atoms with Crippen molar-refractivity contribution in [3.05, 3.63) is 33.5 Å². The SMILES string of the molecule is N#C/C(=C\c1cc(O)c(O)c([N+](=O)[O-])c1)N1CCCCC1. The number of hydrogen-bond donors (Lipinski definition) is 2. The van der Waals surface area contributed by atoms with Gasteiger partial charge in [0.05, 0.1) is 4.92 Å². The standard InChI is InChI=1S/C14H15N3O4/c15-9-11(16-4-2-1-3-5-16)6-10-7-12(17(20)21)14(19)13(18)8-10/h6-8,18-19H,1-5H2/b11-6+. The van der Waals surface area contributed by atoms with E-state index in [0.717, 1.165) is 38.4 Å². The van der Waals surface area contributed by atoms with Crippen molar-refractivity contribution in [3.63, 3.8) is 0 Å². The van der Waals surface area contributed by atoms with Crippen LogP contribution in [0.3, 0.4) is 0 Å². The molecule has 2 rings (SSSR count). The smallest absolute Gasteiger partial charge is 0.315 e. The molecule has 1 aromatic rings. The Morgan fingerprint density at radius 1 is 1.33 bits per heavy atom. The van der Waals surface area contributed by atoms with E-state index < -0.39 is 22.1 Å². The molecule has 1 saturated heterocycles. The highest BCUT2D eigenvalue weighted by Crippen LogP contribution is 2.36. The molecule has 0 bridgehead atoms. The van der Waals surface area contributed by atoms with Gasteiger partial charge in [-0.3, -0.25) is 10.1 Å². The van der Waals surface area contributed by atoms with Crippen LogP contribution in [0.5, 0.6) is 11.5 Å². The van der Waals surface area contributed by atoms with E-state index in [1.165, 1.54) is 12.1 Å². The van der Waals surface area contributed by atoms with Crippen LogP contribution < -0.4 is 0 Å². The number of benzene rings is 1. The first kappa shape index (κ1) is 14.7. The van der Waals surface area contributed by atoms with E-state index in [1.54, 1.807) is 0 Å². The zero-order valence-corrected chi connectivity index (χ0v) is 11.3. The third kappa shape index (κ3) is 3.23. The van der Waals surface area contributed by atoms with Crippen molar-refractivity contribution >= 4 is 11.8 Å². The van der Waals surface area contributed by atoms with Crippen molar-refractivity contribution < 1.29 is 15.1 Å². The first-order chi connectivity index (χ1) is 10.0. The topological polar surface area (TPSA) is 111 Å². The molecule has 0 amide bonds. The molecule has 21 heavy (non-hydrogen) atoms. The van der Waals surface area contributed by atoms with Crippen molar-refractivity contribution in [3.8, 4) is 17.6 Å². The second kappa shape index (κ2) is 6.13. The Hall–Kier alpha value is -2.75. The molecule has 7 nitrogen and oxygen atoms in total. The molecule has 1 heterocycles. The minimum Gasteiger partial charge on any atom is -0.504 e. The predicted octanol–water partition coefficient (Wildman–Crippen LogP) is 2.36. The number of hydrogen-bond acceptors (Lipinski definition) is 6. The molecule has 0 aliphatic carbocycles. The zero-order chi connectivity index (χ0) is 15.4. The van der Waals surface area contributed by atoms with E-state index in [0.29, 0.717) is 11.3 Å². The summed E-state index contributed by atoms with van der Waals surface area (Å²) in [6.07, 6.45) is 4.61. The van der Waals surface area contributed by atoms with E-state index in [2.05, 4.69) is 6.07 Å². The number of rotatable bonds is 3. The second-order valence-electron chi connectivity index (χ2n) is 4.85. The largest absolute Gasteiger partial charge is 0.504 e. The van der Waals surface area contributed by atoms with Gasteiger partial charge in [-0.1, -0.05) is 0 Å². The molecule has 0 radical (unpaired) electrons. The summed E-state index contributed by atoms with van der Waals surface area (Å²) in [6.45, 7) is 1.54. The fraction of sp³-hybridized carbons (Fsp3) is 0.357. The lowest BCUT2D eigenvalue weighted by Crippen LogP contribution is -2.28. The molecule has 1 aliphatic rings. The lowest BCUT2D eigenvalue weighted by atomic mass is 10.1. The lowest BCUT2D eigenvalue weighted by molar-refractivity contribution is -0.386. The van der Waals surface area contributed by atoms with E-state index in [4.69, 9.17) is 0 Å². The third-order valence-electron chi connectivity index (χ3n) is 3.40. The van der Waals surface area contributed by atoms with Gasteiger partial charge in [-0.25, -0.2) is 0 Å². The Bertz CT molecular complexity index is 628. The summed E-state index contributed by atoms with van der Waals surface area (Å²) in [5.41, 5.74) is 0.116. The first-order valence-corrected chi connectivity index (χ1v) is 6.60. The summed E-state index contributed by atoms with van der Waals surface area (Å²) in [6, 6.07) is 4.41. The second-order valence-corrected chi connectivity index (χ2v) is 4.85. The van der Waals surface area contributed by atoms with Crippen LogP contribution in [0, 0.1) is 21.4 Å². The summed E-state index contributed by atoms with van der Waals surface area (Å²) in [5, 5.41) is 39.0. The summed E-state index contributed by atoms with van der Waals surface area (Å²) < 4.78 is 0. The fourth-order valence-electron chi connectivity index (χ4n) is 2.33. The highest BCUT2D eigenvalue weighted by atomic mass is 16.6. The molecule has 110 valence electrons. The number of piperidine rings is 1. The van der Waals surface area contributed by atoms with Gasteiger partial charge in [0.15, 0.2) is 5.75 Å². The zero-order valence-electron chi connectivity index (χ0n) is 11.3. The van der Waals surface area contributed by atoms with E-state index in [1.807, 2.05) is 4.90 Å². The third-order valence-corrected chi connectivity index (χ3v) is 3.40. The molecule has 0 unspecified atom stereocenters. The number of nitrogens with zero attached hydrogens (tertiary/aromatic N) is 3. The van der Waals surface area contributed by atoms with Crippen LogP contribution >= 0.6 is 0 Å². The van der Waals surface area contributed by atoms with Gasteiger partial charge >= 0.3 is 5.69 Å². The summed E-state index contributed by atoms with van der Waals surface area (Å²) in [4.78, 5) is 12.0. The van der Waals surface area contributed by atoms with E-state index in [-0.39, 0.29) is 0 Å². The Labute approximate surface area is 121 Å². The lowest BCUT2D eigenvalue weighted by Gasteiger charge is -2.27. The number of allylic oxidation sites excluding steroid dienone is 1. The normalized spacial score (nSPS) is 15.6. The van der Waals surface area contributed by atoms with Gasteiger partial charge in [0.1, 0.15) is 11.8 Å². The molecule has 1 aromatic carbocycles. The monoisotopic (exact) mass is 289 g/mol. The van der Waals surface area contributed by atoms with Gasteiger partial charge < -0.3 is 15.1 Å². The van der Waals surface area contributed by atoms with Crippen molar-refractivity contribution in [2.75, 3.05) is 13.1 Å². The average molecular weight is 289 g/mol. The van der Waals surface area contributed by atoms with Gasteiger partial charge in [0.2, 0.25) is 5.75 Å². The first-order valence-electron chi connectivity index (χ1n) is 6.60. The van der Waals surface area contributed by atoms with Crippen LogP contribution in [0.2, 0.25) is 0 Å². The number of nitriles is 1. The van der Waals surface area contributed by atoms with Crippen LogP contribution in [0.1, 0.15) is 24.8 Å². The molecule has 1 aliphatic heterocycles. The Morgan fingerprint density at radius 3 is 2.57 bits per heavy atom. The maximum absolute atomic E-state index is 10.8. The molecule has 0 aromatic heterocycles. The van der Waals surface area contributed by atoms with Gasteiger partial charge in [-0.2, -0.15) is 5.26 Å². The molecule has 0 saturated carbocycles. The summed E-state index contributed by atoms with van der Waals surface area (Å²) in [7, 11) is 0. The summed E-state index contributed by atoms with van der Waals surface area (Å²) >= 11 is 0. The maximum Gasteiger partial charge on any atom is 0.315 e. The van der Waals surface area contributed by atoms with Gasteiger partial charge in [-0.05, 0) is 37.0 Å². The van der Waals surface area contributed by atoms with Gasteiger partial charge in [-0.15, -0.1) is 0 Å². The predicted molar refractivity (Wildman–Crippen MR) is 75.4 cm³/mol. The molecular weight excluding hydrogens is 274 g/mol. The minimum absolute atomic E-state index is 0.305. The highest BCUT2D eigenvalue weighted by molar-refractivity contribution is 5.66. The van der Waals surface area contributed by atoms with Crippen LogP contribution in [0.15, 0.2) is 17.8 Å². The Balaban J connectivity index is 2.38. The molecule has 1 fully saturated rings. The Morgan fingerprint density at radius 2 is 2.00 bits per heavy atom. The molecule has 2 N–H and O–H groups in total. The maximum atomic E-state index is 10.8. The molecular formula is C14H15N3O4. The van der Waals surface area contributed by atoms with Gasteiger partial charge in [0.25, 0.3) is 0 Å². The fourth-order valence-corrected chi connectivity index (χ4v) is 2.33.